The summed E-state index contributed by atoms with van der Waals surface area (Å²) in [4.78, 5) is 24.6. The summed E-state index contributed by atoms with van der Waals surface area (Å²) in [5.41, 5.74) is 0.563. The number of anilines is 1. The summed E-state index contributed by atoms with van der Waals surface area (Å²) in [6.07, 6.45) is -1.07. The standard InChI is InChI=1S/C13H12N2O4S/c14-5-6-20-8-12(16)15-7-11(13(17)18)19-10-4-2-1-3-9(10)15/h1-4,11H,6-8H2,(H,17,18). The van der Waals surface area contributed by atoms with Crippen molar-refractivity contribution in [3.63, 3.8) is 0 Å². The smallest absolute Gasteiger partial charge is 0.346 e. The fourth-order valence-corrected chi connectivity index (χ4v) is 2.38. The number of carboxylic acids is 1. The lowest BCUT2D eigenvalue weighted by molar-refractivity contribution is -0.145. The summed E-state index contributed by atoms with van der Waals surface area (Å²) >= 11 is 1.20. The van der Waals surface area contributed by atoms with Crippen LogP contribution in [0.2, 0.25) is 0 Å². The second-order valence-corrected chi connectivity index (χ2v) is 5.05. The van der Waals surface area contributed by atoms with Crippen molar-refractivity contribution in [1.82, 2.24) is 0 Å². The molecule has 7 heteroatoms. The van der Waals surface area contributed by atoms with Crippen LogP contribution >= 0.6 is 11.8 Å². The predicted molar refractivity (Wildman–Crippen MR) is 73.8 cm³/mol. The number of nitrogens with zero attached hydrogens (tertiary/aromatic N) is 2. The number of fused-ring (bicyclic) bond motifs is 1. The van der Waals surface area contributed by atoms with Gasteiger partial charge in [-0.1, -0.05) is 12.1 Å². The average Bonchev–Trinajstić information content (AvgIpc) is 2.46. The van der Waals surface area contributed by atoms with Crippen LogP contribution in [0.3, 0.4) is 0 Å². The van der Waals surface area contributed by atoms with Gasteiger partial charge in [-0.3, -0.25) is 4.79 Å². The SMILES string of the molecule is N#CCSCC(=O)N1CC(C(=O)O)Oc2ccccc21. The fourth-order valence-electron chi connectivity index (χ4n) is 1.86. The van der Waals surface area contributed by atoms with Crippen molar-refractivity contribution in [2.45, 2.75) is 6.10 Å². The number of thioether (sulfide) groups is 1. The Morgan fingerprint density at radius 1 is 1.50 bits per heavy atom. The molecular formula is C13H12N2O4S. The van der Waals surface area contributed by atoms with Crippen LogP contribution in [-0.4, -0.2) is 41.1 Å². The fraction of sp³-hybridized carbons (Fsp3) is 0.308. The molecule has 2 rings (SSSR count). The number of aliphatic carboxylic acids is 1. The number of carboxylic acid groups (broad SMARTS) is 1. The maximum Gasteiger partial charge on any atom is 0.346 e. The Morgan fingerprint density at radius 2 is 2.25 bits per heavy atom. The van der Waals surface area contributed by atoms with Gasteiger partial charge in [0.1, 0.15) is 5.75 Å². The van der Waals surface area contributed by atoms with E-state index in [2.05, 4.69) is 0 Å². The molecule has 1 atom stereocenters. The van der Waals surface area contributed by atoms with Gasteiger partial charge in [-0.15, -0.1) is 11.8 Å². The van der Waals surface area contributed by atoms with Crippen molar-refractivity contribution in [2.75, 3.05) is 23.0 Å². The normalized spacial score (nSPS) is 16.8. The molecule has 0 radical (unpaired) electrons. The van der Waals surface area contributed by atoms with Crippen LogP contribution in [0.15, 0.2) is 24.3 Å². The number of ether oxygens (including phenoxy) is 1. The van der Waals surface area contributed by atoms with Crippen LogP contribution in [0, 0.1) is 11.3 Å². The monoisotopic (exact) mass is 292 g/mol. The van der Waals surface area contributed by atoms with Gasteiger partial charge in [0.05, 0.1) is 29.8 Å². The molecule has 0 saturated carbocycles. The van der Waals surface area contributed by atoms with Gasteiger partial charge in [0, 0.05) is 0 Å². The van der Waals surface area contributed by atoms with Crippen LogP contribution in [-0.2, 0) is 9.59 Å². The van der Waals surface area contributed by atoms with Crippen LogP contribution in [0.4, 0.5) is 5.69 Å². The zero-order valence-corrected chi connectivity index (χ0v) is 11.3. The zero-order valence-electron chi connectivity index (χ0n) is 10.5. The van der Waals surface area contributed by atoms with Gasteiger partial charge in [0.15, 0.2) is 0 Å². The number of carbonyl (C=O) groups is 2. The highest BCUT2D eigenvalue weighted by atomic mass is 32.2. The number of benzene rings is 1. The molecule has 6 nitrogen and oxygen atoms in total. The van der Waals surface area contributed by atoms with Crippen LogP contribution in [0.5, 0.6) is 5.75 Å². The van der Waals surface area contributed by atoms with Gasteiger partial charge in [-0.2, -0.15) is 5.26 Å². The minimum atomic E-state index is -1.11. The van der Waals surface area contributed by atoms with Gasteiger partial charge in [-0.05, 0) is 12.1 Å². The lowest BCUT2D eigenvalue weighted by atomic mass is 10.2. The van der Waals surface area contributed by atoms with E-state index in [9.17, 15) is 9.59 Å². The minimum absolute atomic E-state index is 0.0295. The van der Waals surface area contributed by atoms with Gasteiger partial charge in [0.25, 0.3) is 0 Å². The number of carbonyl (C=O) groups excluding carboxylic acids is 1. The van der Waals surface area contributed by atoms with E-state index in [1.54, 1.807) is 24.3 Å². The molecule has 0 bridgehead atoms. The third-order valence-corrected chi connectivity index (χ3v) is 3.53. The molecule has 0 saturated heterocycles. The maximum atomic E-state index is 12.2. The Kier molecular flexibility index (Phi) is 4.48. The molecule has 1 N–H and O–H groups in total. The first-order chi connectivity index (χ1) is 9.63. The molecule has 1 heterocycles. The number of amides is 1. The van der Waals surface area contributed by atoms with Gasteiger partial charge >= 0.3 is 5.97 Å². The molecule has 1 aromatic rings. The molecule has 1 unspecified atom stereocenters. The summed E-state index contributed by atoms with van der Waals surface area (Å²) in [6.45, 7) is -0.0295. The highest BCUT2D eigenvalue weighted by Gasteiger charge is 2.33. The van der Waals surface area contributed by atoms with E-state index in [-0.39, 0.29) is 24.0 Å². The van der Waals surface area contributed by atoms with Crippen molar-refractivity contribution in [3.05, 3.63) is 24.3 Å². The lowest BCUT2D eigenvalue weighted by Gasteiger charge is -2.33. The second-order valence-electron chi connectivity index (χ2n) is 4.07. The first-order valence-corrected chi connectivity index (χ1v) is 7.02. The van der Waals surface area contributed by atoms with Crippen LogP contribution in [0.25, 0.3) is 0 Å². The van der Waals surface area contributed by atoms with Crippen molar-refractivity contribution < 1.29 is 19.4 Å². The Hall–Kier alpha value is -2.20. The first kappa shape index (κ1) is 14.2. The summed E-state index contributed by atoms with van der Waals surface area (Å²) < 4.78 is 5.35. The van der Waals surface area contributed by atoms with Crippen molar-refractivity contribution in [3.8, 4) is 11.8 Å². The molecule has 0 aromatic heterocycles. The number of hydrogen-bond acceptors (Lipinski definition) is 5. The number of para-hydroxylation sites is 2. The molecule has 1 aliphatic rings. The molecule has 0 spiro atoms. The Bertz CT molecular complexity index is 570. The highest BCUT2D eigenvalue weighted by Crippen LogP contribution is 2.33. The van der Waals surface area contributed by atoms with Crippen molar-refractivity contribution >= 4 is 29.3 Å². The predicted octanol–water partition coefficient (Wildman–Crippen LogP) is 1.12. The molecule has 0 aliphatic carbocycles. The number of nitriles is 1. The summed E-state index contributed by atoms with van der Waals surface area (Å²) in [5, 5.41) is 17.5. The Labute approximate surface area is 119 Å². The van der Waals surface area contributed by atoms with Gasteiger partial charge < -0.3 is 14.7 Å². The largest absolute Gasteiger partial charge is 0.478 e. The lowest BCUT2D eigenvalue weighted by Crippen LogP contribution is -2.47. The molecule has 104 valence electrons. The molecule has 20 heavy (non-hydrogen) atoms. The Balaban J connectivity index is 2.20. The van der Waals surface area contributed by atoms with Crippen LogP contribution in [0.1, 0.15) is 0 Å². The van der Waals surface area contributed by atoms with E-state index in [0.717, 1.165) is 0 Å². The average molecular weight is 292 g/mol. The van der Waals surface area contributed by atoms with Gasteiger partial charge in [0.2, 0.25) is 12.0 Å². The van der Waals surface area contributed by atoms with E-state index < -0.39 is 12.1 Å². The molecular weight excluding hydrogens is 280 g/mol. The summed E-state index contributed by atoms with van der Waals surface area (Å²) in [7, 11) is 0. The summed E-state index contributed by atoms with van der Waals surface area (Å²) in [5.74, 6) is -0.604. The molecule has 0 fully saturated rings. The first-order valence-electron chi connectivity index (χ1n) is 5.87. The third kappa shape index (κ3) is 3.03. The van der Waals surface area contributed by atoms with E-state index in [0.29, 0.717) is 11.4 Å². The molecule has 1 aliphatic heterocycles. The summed E-state index contributed by atoms with van der Waals surface area (Å²) in [6, 6.07) is 8.76. The van der Waals surface area contributed by atoms with E-state index in [1.165, 1.54) is 16.7 Å². The van der Waals surface area contributed by atoms with Crippen LogP contribution < -0.4 is 9.64 Å². The zero-order chi connectivity index (χ0) is 14.5. The minimum Gasteiger partial charge on any atom is -0.478 e. The van der Waals surface area contributed by atoms with Crippen molar-refractivity contribution in [1.29, 1.82) is 5.26 Å². The van der Waals surface area contributed by atoms with Gasteiger partial charge in [-0.25, -0.2) is 4.79 Å². The van der Waals surface area contributed by atoms with E-state index in [1.807, 2.05) is 6.07 Å². The van der Waals surface area contributed by atoms with Crippen molar-refractivity contribution in [2.24, 2.45) is 0 Å². The quantitative estimate of drug-likeness (QED) is 0.836. The number of hydrogen-bond donors (Lipinski definition) is 1. The number of rotatable bonds is 4. The van der Waals surface area contributed by atoms with E-state index >= 15 is 0 Å². The molecule has 1 aromatic carbocycles. The molecule has 1 amide bonds. The second kappa shape index (κ2) is 6.30. The highest BCUT2D eigenvalue weighted by molar-refractivity contribution is 8.00. The third-order valence-electron chi connectivity index (χ3n) is 2.74. The topological polar surface area (TPSA) is 90.6 Å². The Morgan fingerprint density at radius 3 is 2.95 bits per heavy atom. The maximum absolute atomic E-state index is 12.2. The van der Waals surface area contributed by atoms with E-state index in [4.69, 9.17) is 15.1 Å².